The van der Waals surface area contributed by atoms with Gasteiger partial charge in [0.25, 0.3) is 0 Å². The first-order valence-corrected chi connectivity index (χ1v) is 7.36. The zero-order valence-electron chi connectivity index (χ0n) is 11.6. The van der Waals surface area contributed by atoms with Crippen LogP contribution in [0.5, 0.6) is 0 Å². The number of carbonyl (C=O) groups excluding carboxylic acids is 1. The summed E-state index contributed by atoms with van der Waals surface area (Å²) < 4.78 is 0. The molecule has 110 valence electrons. The molecule has 0 fully saturated rings. The molecule has 2 aromatic rings. The summed E-state index contributed by atoms with van der Waals surface area (Å²) in [6.45, 7) is 0.247. The summed E-state index contributed by atoms with van der Waals surface area (Å²) in [6, 6.07) is 14.6. The number of rotatable bonds is 3. The Morgan fingerprint density at radius 3 is 2.45 bits per heavy atom. The van der Waals surface area contributed by atoms with Crippen LogP contribution in [0.2, 0.25) is 10.0 Å². The lowest BCUT2D eigenvalue weighted by atomic mass is 10.2. The molecule has 0 aliphatic heterocycles. The third kappa shape index (κ3) is 4.96. The van der Waals surface area contributed by atoms with E-state index in [1.807, 2.05) is 36.4 Å². The van der Waals surface area contributed by atoms with E-state index in [0.717, 1.165) is 11.1 Å². The second-order valence-corrected chi connectivity index (χ2v) is 5.17. The van der Waals surface area contributed by atoms with Crippen molar-refractivity contribution in [1.29, 1.82) is 0 Å². The molecule has 1 amide bonds. The van der Waals surface area contributed by atoms with Gasteiger partial charge in [0.15, 0.2) is 0 Å². The standard InChI is InChI=1S/C18H13Cl2NO/c19-16-9-3-1-6-14(16)8-5-13-21-18(22)12-11-15-7-2-4-10-17(15)20/h1-4,6-7,9-12H,13H2,(H,21,22)/b12-11+. The summed E-state index contributed by atoms with van der Waals surface area (Å²) in [5, 5.41) is 3.88. The molecule has 0 aliphatic rings. The van der Waals surface area contributed by atoms with Crippen molar-refractivity contribution >= 4 is 35.2 Å². The van der Waals surface area contributed by atoms with Crippen LogP contribution in [0.25, 0.3) is 6.08 Å². The van der Waals surface area contributed by atoms with E-state index in [4.69, 9.17) is 23.2 Å². The van der Waals surface area contributed by atoms with Crippen LogP contribution in [0.1, 0.15) is 11.1 Å². The maximum atomic E-state index is 11.7. The Kier molecular flexibility index (Phi) is 6.09. The van der Waals surface area contributed by atoms with Crippen molar-refractivity contribution in [2.75, 3.05) is 6.54 Å². The van der Waals surface area contributed by atoms with Crippen molar-refractivity contribution in [1.82, 2.24) is 5.32 Å². The molecule has 0 spiro atoms. The molecule has 0 aromatic heterocycles. The fourth-order valence-corrected chi connectivity index (χ4v) is 2.05. The van der Waals surface area contributed by atoms with Gasteiger partial charge in [-0.3, -0.25) is 4.79 Å². The molecule has 0 unspecified atom stereocenters. The fraction of sp³-hybridized carbons (Fsp3) is 0.0556. The Hall–Kier alpha value is -2.21. The molecule has 0 aliphatic carbocycles. The summed E-state index contributed by atoms with van der Waals surface area (Å²) in [5.41, 5.74) is 1.53. The fourth-order valence-electron chi connectivity index (χ4n) is 1.67. The SMILES string of the molecule is O=C(/C=C/c1ccccc1Cl)NCC#Cc1ccccc1Cl. The molecular formula is C18H13Cl2NO. The van der Waals surface area contributed by atoms with Crippen molar-refractivity contribution < 1.29 is 4.79 Å². The Labute approximate surface area is 139 Å². The Morgan fingerprint density at radius 2 is 1.73 bits per heavy atom. The van der Waals surface area contributed by atoms with Gasteiger partial charge >= 0.3 is 0 Å². The number of halogens is 2. The quantitative estimate of drug-likeness (QED) is 0.664. The molecule has 4 heteroatoms. The third-order valence-corrected chi connectivity index (χ3v) is 3.44. The van der Waals surface area contributed by atoms with Gasteiger partial charge in [-0.25, -0.2) is 0 Å². The molecule has 2 rings (SSSR count). The van der Waals surface area contributed by atoms with Crippen LogP contribution in [-0.4, -0.2) is 12.5 Å². The summed E-state index contributed by atoms with van der Waals surface area (Å²) >= 11 is 12.0. The van der Waals surface area contributed by atoms with Crippen molar-refractivity contribution in [3.63, 3.8) is 0 Å². The minimum absolute atomic E-state index is 0.228. The lowest BCUT2D eigenvalue weighted by Crippen LogP contribution is -2.20. The molecule has 0 saturated heterocycles. The molecule has 1 N–H and O–H groups in total. The van der Waals surface area contributed by atoms with E-state index in [-0.39, 0.29) is 12.5 Å². The second kappa shape index (κ2) is 8.29. The highest BCUT2D eigenvalue weighted by atomic mass is 35.5. The number of nitrogens with one attached hydrogen (secondary N) is 1. The third-order valence-electron chi connectivity index (χ3n) is 2.77. The van der Waals surface area contributed by atoms with Gasteiger partial charge in [0.2, 0.25) is 5.91 Å². The van der Waals surface area contributed by atoms with Crippen LogP contribution in [-0.2, 0) is 4.79 Å². The molecular weight excluding hydrogens is 317 g/mol. The van der Waals surface area contributed by atoms with Crippen LogP contribution in [0.3, 0.4) is 0 Å². The zero-order chi connectivity index (χ0) is 15.8. The summed E-state index contributed by atoms with van der Waals surface area (Å²) in [6.07, 6.45) is 3.09. The van der Waals surface area contributed by atoms with Crippen molar-refractivity contribution in [3.8, 4) is 11.8 Å². The van der Waals surface area contributed by atoms with Gasteiger partial charge < -0.3 is 5.32 Å². The number of hydrogen-bond donors (Lipinski definition) is 1. The maximum absolute atomic E-state index is 11.7. The Morgan fingerprint density at radius 1 is 1.05 bits per heavy atom. The highest BCUT2D eigenvalue weighted by molar-refractivity contribution is 6.32. The predicted molar refractivity (Wildman–Crippen MR) is 91.8 cm³/mol. The van der Waals surface area contributed by atoms with Crippen LogP contribution in [0.15, 0.2) is 54.6 Å². The Bertz CT molecular complexity index is 757. The van der Waals surface area contributed by atoms with Gasteiger partial charge in [-0.15, -0.1) is 0 Å². The number of amides is 1. The van der Waals surface area contributed by atoms with Crippen molar-refractivity contribution in [2.24, 2.45) is 0 Å². The second-order valence-electron chi connectivity index (χ2n) is 4.35. The highest BCUT2D eigenvalue weighted by Crippen LogP contribution is 2.16. The van der Waals surface area contributed by atoms with E-state index >= 15 is 0 Å². The van der Waals surface area contributed by atoms with Gasteiger partial charge in [-0.1, -0.05) is 65.4 Å². The first-order valence-electron chi connectivity index (χ1n) is 6.60. The number of carbonyl (C=O) groups is 1. The summed E-state index contributed by atoms with van der Waals surface area (Å²) in [5.74, 6) is 5.54. The zero-order valence-corrected chi connectivity index (χ0v) is 13.2. The first-order chi connectivity index (χ1) is 10.7. The molecule has 0 atom stereocenters. The molecule has 0 heterocycles. The average Bonchev–Trinajstić information content (AvgIpc) is 2.52. The highest BCUT2D eigenvalue weighted by Gasteiger charge is 1.96. The van der Waals surface area contributed by atoms with Gasteiger partial charge in [0.05, 0.1) is 11.6 Å². The predicted octanol–water partition coefficient (Wildman–Crippen LogP) is 4.17. The average molecular weight is 330 g/mol. The van der Waals surface area contributed by atoms with E-state index in [1.165, 1.54) is 6.08 Å². The lowest BCUT2D eigenvalue weighted by Gasteiger charge is -1.97. The van der Waals surface area contributed by atoms with Crippen molar-refractivity contribution in [3.05, 3.63) is 75.8 Å². The summed E-state index contributed by atoms with van der Waals surface area (Å²) in [7, 11) is 0. The smallest absolute Gasteiger partial charge is 0.244 e. The van der Waals surface area contributed by atoms with E-state index in [9.17, 15) is 4.79 Å². The molecule has 0 radical (unpaired) electrons. The molecule has 0 bridgehead atoms. The minimum atomic E-state index is -0.228. The normalized spacial score (nSPS) is 10.1. The first kappa shape index (κ1) is 16.2. The number of hydrogen-bond acceptors (Lipinski definition) is 1. The van der Waals surface area contributed by atoms with Gasteiger partial charge in [-0.2, -0.15) is 0 Å². The van der Waals surface area contributed by atoms with Crippen LogP contribution in [0, 0.1) is 11.8 Å². The van der Waals surface area contributed by atoms with E-state index in [2.05, 4.69) is 17.2 Å². The van der Waals surface area contributed by atoms with E-state index in [1.54, 1.807) is 18.2 Å². The minimum Gasteiger partial charge on any atom is -0.342 e. The number of benzene rings is 2. The largest absolute Gasteiger partial charge is 0.342 e. The molecule has 2 aromatic carbocycles. The van der Waals surface area contributed by atoms with Gasteiger partial charge in [-0.05, 0) is 29.8 Å². The topological polar surface area (TPSA) is 29.1 Å². The van der Waals surface area contributed by atoms with E-state index in [0.29, 0.717) is 10.0 Å². The van der Waals surface area contributed by atoms with Crippen molar-refractivity contribution in [2.45, 2.75) is 0 Å². The van der Waals surface area contributed by atoms with E-state index < -0.39 is 0 Å². The maximum Gasteiger partial charge on any atom is 0.244 e. The lowest BCUT2D eigenvalue weighted by molar-refractivity contribution is -0.116. The molecule has 0 saturated carbocycles. The van der Waals surface area contributed by atoms with Gasteiger partial charge in [0, 0.05) is 16.7 Å². The van der Waals surface area contributed by atoms with Crippen LogP contribution < -0.4 is 5.32 Å². The van der Waals surface area contributed by atoms with Crippen LogP contribution >= 0.6 is 23.2 Å². The molecule has 22 heavy (non-hydrogen) atoms. The Balaban J connectivity index is 1.87. The molecule has 2 nitrogen and oxygen atoms in total. The monoisotopic (exact) mass is 329 g/mol. The van der Waals surface area contributed by atoms with Gasteiger partial charge in [0.1, 0.15) is 0 Å². The summed E-state index contributed by atoms with van der Waals surface area (Å²) in [4.78, 5) is 11.7. The van der Waals surface area contributed by atoms with Crippen LogP contribution in [0.4, 0.5) is 0 Å².